The van der Waals surface area contributed by atoms with Crippen LogP contribution >= 0.6 is 23.1 Å². The Balaban J connectivity index is 1.44. The first-order chi connectivity index (χ1) is 11.4. The number of benzene rings is 1. The van der Waals surface area contributed by atoms with Crippen molar-refractivity contribution in [1.82, 2.24) is 10.1 Å². The van der Waals surface area contributed by atoms with Crippen molar-refractivity contribution in [1.29, 1.82) is 0 Å². The minimum absolute atomic E-state index is 0.614. The zero-order valence-electron chi connectivity index (χ0n) is 12.2. The van der Waals surface area contributed by atoms with Gasteiger partial charge >= 0.3 is 0 Å². The highest BCUT2D eigenvalue weighted by Crippen LogP contribution is 2.34. The third-order valence-corrected chi connectivity index (χ3v) is 4.99. The second-order valence-corrected chi connectivity index (χ2v) is 6.80. The van der Waals surface area contributed by atoms with Crippen molar-refractivity contribution in [2.75, 3.05) is 13.2 Å². The Morgan fingerprint density at radius 1 is 1.13 bits per heavy atom. The lowest BCUT2D eigenvalue weighted by molar-refractivity contribution is 0.297. The molecule has 4 rings (SSSR count). The van der Waals surface area contributed by atoms with Crippen molar-refractivity contribution in [2.24, 2.45) is 0 Å². The molecule has 1 aliphatic heterocycles. The van der Waals surface area contributed by atoms with E-state index in [0.717, 1.165) is 28.4 Å². The number of ether oxygens (including phenoxy) is 2. The van der Waals surface area contributed by atoms with Crippen molar-refractivity contribution < 1.29 is 14.0 Å². The van der Waals surface area contributed by atoms with E-state index in [9.17, 15) is 0 Å². The van der Waals surface area contributed by atoms with Crippen LogP contribution in [0.25, 0.3) is 11.4 Å². The molecule has 0 aliphatic carbocycles. The molecule has 0 bridgehead atoms. The van der Waals surface area contributed by atoms with Gasteiger partial charge in [0.25, 0.3) is 0 Å². The Labute approximate surface area is 141 Å². The van der Waals surface area contributed by atoms with Gasteiger partial charge in [-0.2, -0.15) is 16.3 Å². The third-order valence-electron chi connectivity index (χ3n) is 3.33. The summed E-state index contributed by atoms with van der Waals surface area (Å²) in [6.07, 6.45) is 0.907. The lowest BCUT2D eigenvalue weighted by atomic mass is 10.3. The Morgan fingerprint density at radius 2 is 2.04 bits per heavy atom. The smallest absolute Gasteiger partial charge is 0.237 e. The highest BCUT2D eigenvalue weighted by atomic mass is 32.2. The van der Waals surface area contributed by atoms with Gasteiger partial charge in [0.1, 0.15) is 0 Å². The molecule has 0 N–H and O–H groups in total. The van der Waals surface area contributed by atoms with Crippen molar-refractivity contribution in [3.63, 3.8) is 0 Å². The molecular formula is C16H14N2O3S2. The van der Waals surface area contributed by atoms with Gasteiger partial charge in [0.15, 0.2) is 11.5 Å². The predicted molar refractivity (Wildman–Crippen MR) is 89.2 cm³/mol. The van der Waals surface area contributed by atoms with Crippen molar-refractivity contribution in [3.05, 3.63) is 40.9 Å². The van der Waals surface area contributed by atoms with Crippen LogP contribution in [-0.4, -0.2) is 23.4 Å². The van der Waals surface area contributed by atoms with E-state index in [1.165, 1.54) is 0 Å². The molecule has 0 amide bonds. The Bertz CT molecular complexity index is 786. The molecule has 0 unspecified atom stereocenters. The van der Waals surface area contributed by atoms with Gasteiger partial charge in [0, 0.05) is 22.3 Å². The topological polar surface area (TPSA) is 57.4 Å². The molecule has 0 fully saturated rings. The van der Waals surface area contributed by atoms with Gasteiger partial charge in [-0.15, -0.1) is 11.8 Å². The van der Waals surface area contributed by atoms with Crippen LogP contribution in [0, 0.1) is 0 Å². The lowest BCUT2D eigenvalue weighted by Gasteiger charge is -2.08. The minimum atomic E-state index is 0.614. The van der Waals surface area contributed by atoms with Gasteiger partial charge in [-0.3, -0.25) is 0 Å². The fourth-order valence-corrected chi connectivity index (χ4v) is 3.60. The molecule has 0 saturated carbocycles. The zero-order valence-corrected chi connectivity index (χ0v) is 13.9. The Kier molecular flexibility index (Phi) is 4.21. The summed E-state index contributed by atoms with van der Waals surface area (Å²) in [5, 5.41) is 8.02. The van der Waals surface area contributed by atoms with Crippen molar-refractivity contribution in [2.45, 2.75) is 17.1 Å². The molecule has 1 aliphatic rings. The molecule has 23 heavy (non-hydrogen) atoms. The second kappa shape index (κ2) is 6.64. The summed E-state index contributed by atoms with van der Waals surface area (Å²) in [5.41, 5.74) is 0.991. The van der Waals surface area contributed by atoms with E-state index >= 15 is 0 Å². The van der Waals surface area contributed by atoms with Crippen LogP contribution in [-0.2, 0) is 5.75 Å². The first kappa shape index (κ1) is 14.6. The van der Waals surface area contributed by atoms with Crippen LogP contribution < -0.4 is 9.47 Å². The summed E-state index contributed by atoms with van der Waals surface area (Å²) >= 11 is 3.25. The Hall–Kier alpha value is -1.99. The zero-order chi connectivity index (χ0) is 15.5. The van der Waals surface area contributed by atoms with Crippen LogP contribution in [0.2, 0.25) is 0 Å². The summed E-state index contributed by atoms with van der Waals surface area (Å²) in [6.45, 7) is 1.39. The fourth-order valence-electron chi connectivity index (χ4n) is 2.20. The van der Waals surface area contributed by atoms with Gasteiger partial charge in [-0.25, -0.2) is 0 Å². The molecule has 0 radical (unpaired) electrons. The predicted octanol–water partition coefficient (Wildman–Crippen LogP) is 4.25. The number of nitrogens with zero attached hydrogens (tertiary/aromatic N) is 2. The largest absolute Gasteiger partial charge is 0.490 e. The molecule has 3 heterocycles. The fraction of sp³-hybridized carbons (Fsp3) is 0.250. The SMILES string of the molecule is c1cc(-c2noc(CSc3ccc4c(c3)OCCCO4)n2)cs1. The molecule has 3 aromatic rings. The highest BCUT2D eigenvalue weighted by molar-refractivity contribution is 7.98. The average Bonchev–Trinajstić information content (AvgIpc) is 3.20. The maximum absolute atomic E-state index is 5.71. The van der Waals surface area contributed by atoms with Gasteiger partial charge in [-0.1, -0.05) is 5.16 Å². The van der Waals surface area contributed by atoms with Crippen LogP contribution in [0.4, 0.5) is 0 Å². The highest BCUT2D eigenvalue weighted by Gasteiger charge is 2.13. The average molecular weight is 346 g/mol. The normalized spacial score (nSPS) is 13.7. The number of thioether (sulfide) groups is 1. The number of hydrogen-bond donors (Lipinski definition) is 0. The van der Waals surface area contributed by atoms with Crippen molar-refractivity contribution in [3.8, 4) is 22.9 Å². The summed E-state index contributed by atoms with van der Waals surface area (Å²) in [4.78, 5) is 5.51. The lowest BCUT2D eigenvalue weighted by Crippen LogP contribution is -1.97. The molecule has 0 saturated heterocycles. The minimum Gasteiger partial charge on any atom is -0.490 e. The number of hydrogen-bond acceptors (Lipinski definition) is 7. The van der Waals surface area contributed by atoms with Crippen LogP contribution in [0.5, 0.6) is 11.5 Å². The van der Waals surface area contributed by atoms with E-state index in [4.69, 9.17) is 14.0 Å². The number of thiophene rings is 1. The van der Waals surface area contributed by atoms with E-state index in [-0.39, 0.29) is 0 Å². The number of rotatable bonds is 4. The van der Waals surface area contributed by atoms with Crippen molar-refractivity contribution >= 4 is 23.1 Å². The monoisotopic (exact) mass is 346 g/mol. The van der Waals surface area contributed by atoms with Gasteiger partial charge in [0.2, 0.25) is 11.7 Å². The maximum atomic E-state index is 5.71. The second-order valence-electron chi connectivity index (χ2n) is 4.97. The van der Waals surface area contributed by atoms with Crippen LogP contribution in [0.1, 0.15) is 12.3 Å². The van der Waals surface area contributed by atoms with E-state index < -0.39 is 0 Å². The first-order valence-electron chi connectivity index (χ1n) is 7.26. The summed E-state index contributed by atoms with van der Waals surface area (Å²) in [5.74, 6) is 3.49. The Morgan fingerprint density at radius 3 is 2.91 bits per heavy atom. The summed E-state index contributed by atoms with van der Waals surface area (Å²) in [6, 6.07) is 7.96. The first-order valence-corrected chi connectivity index (χ1v) is 9.19. The van der Waals surface area contributed by atoms with E-state index in [1.807, 2.05) is 35.0 Å². The molecular weight excluding hydrogens is 332 g/mol. The van der Waals surface area contributed by atoms with Crippen LogP contribution in [0.15, 0.2) is 44.4 Å². The van der Waals surface area contributed by atoms with Gasteiger partial charge in [-0.05, 0) is 29.6 Å². The quantitative estimate of drug-likeness (QED) is 0.658. The molecule has 118 valence electrons. The number of aromatic nitrogens is 2. The molecule has 1 aromatic carbocycles. The molecule has 0 spiro atoms. The number of fused-ring (bicyclic) bond motifs is 1. The third kappa shape index (κ3) is 3.35. The summed E-state index contributed by atoms with van der Waals surface area (Å²) < 4.78 is 16.7. The van der Waals surface area contributed by atoms with Crippen LogP contribution in [0.3, 0.4) is 0 Å². The van der Waals surface area contributed by atoms with E-state index in [0.29, 0.717) is 30.7 Å². The molecule has 2 aromatic heterocycles. The van der Waals surface area contributed by atoms with E-state index in [2.05, 4.69) is 10.1 Å². The molecule has 0 atom stereocenters. The molecule has 7 heteroatoms. The van der Waals surface area contributed by atoms with Gasteiger partial charge in [0.05, 0.1) is 19.0 Å². The maximum Gasteiger partial charge on any atom is 0.237 e. The summed E-state index contributed by atoms with van der Waals surface area (Å²) in [7, 11) is 0. The standard InChI is InChI=1S/C16H14N2O3S2/c1-5-19-13-3-2-12(8-14(13)20-6-1)23-10-15-17-16(18-21-15)11-4-7-22-9-11/h2-4,7-9H,1,5-6,10H2. The van der Waals surface area contributed by atoms with E-state index in [1.54, 1.807) is 23.1 Å². The van der Waals surface area contributed by atoms with Gasteiger partial charge < -0.3 is 14.0 Å². The molecule has 5 nitrogen and oxygen atoms in total.